The standard InChI is InChI=1S/C26H35NO3/c1-6-8-9-14-30-25(29)22-17(3)27-20-15-26(4,5)16-21(28)24(20)23(22)19-12-10-18(7-2)11-13-19/h10-13,22-23H,6-9,14-16H2,1-5H3/t22?,23-/m0/s1. The molecule has 0 amide bonds. The number of hydrogen-bond donors (Lipinski definition) is 0. The highest BCUT2D eigenvalue weighted by Crippen LogP contribution is 2.47. The van der Waals surface area contributed by atoms with Gasteiger partial charge >= 0.3 is 5.97 Å². The number of nitrogens with zero attached hydrogens (tertiary/aromatic N) is 1. The third kappa shape index (κ3) is 4.74. The van der Waals surface area contributed by atoms with Crippen molar-refractivity contribution in [2.75, 3.05) is 6.61 Å². The highest BCUT2D eigenvalue weighted by atomic mass is 16.5. The summed E-state index contributed by atoms with van der Waals surface area (Å²) in [5, 5.41) is 0. The SMILES string of the molecule is CCCCCOC(=O)C1C(C)=NC2=C(C(=O)CC(C)(C)C2)[C@H]1c1ccc(CC)cc1. The first kappa shape index (κ1) is 22.5. The van der Waals surface area contributed by atoms with Gasteiger partial charge in [0.15, 0.2) is 5.78 Å². The molecule has 1 heterocycles. The number of carbonyl (C=O) groups excluding carboxylic acids is 2. The van der Waals surface area contributed by atoms with E-state index in [1.807, 2.05) is 6.92 Å². The number of aryl methyl sites for hydroxylation is 1. The number of carbonyl (C=O) groups is 2. The van der Waals surface area contributed by atoms with Crippen molar-refractivity contribution in [3.63, 3.8) is 0 Å². The quantitative estimate of drug-likeness (QED) is 0.422. The van der Waals surface area contributed by atoms with Gasteiger partial charge in [0.1, 0.15) is 5.92 Å². The maximum absolute atomic E-state index is 13.2. The number of rotatable bonds is 7. The summed E-state index contributed by atoms with van der Waals surface area (Å²) in [6, 6.07) is 8.32. The molecule has 1 aromatic carbocycles. The fourth-order valence-electron chi connectivity index (χ4n) is 4.69. The van der Waals surface area contributed by atoms with Crippen molar-refractivity contribution in [1.29, 1.82) is 0 Å². The third-order valence-corrected chi connectivity index (χ3v) is 6.30. The molecule has 30 heavy (non-hydrogen) atoms. The molecular formula is C26H35NO3. The van der Waals surface area contributed by atoms with E-state index in [1.54, 1.807) is 0 Å². The van der Waals surface area contributed by atoms with Crippen LogP contribution in [0.5, 0.6) is 0 Å². The predicted molar refractivity (Wildman–Crippen MR) is 121 cm³/mol. The smallest absolute Gasteiger partial charge is 0.315 e. The van der Waals surface area contributed by atoms with Gasteiger partial charge in [-0.25, -0.2) is 0 Å². The molecule has 0 saturated heterocycles. The van der Waals surface area contributed by atoms with Crippen molar-refractivity contribution >= 4 is 17.5 Å². The number of Topliss-reactive ketones (excluding diaryl/α,β-unsaturated/α-hetero) is 1. The van der Waals surface area contributed by atoms with Crippen molar-refractivity contribution in [3.8, 4) is 0 Å². The average Bonchev–Trinajstić information content (AvgIpc) is 2.69. The van der Waals surface area contributed by atoms with Crippen molar-refractivity contribution in [1.82, 2.24) is 0 Å². The van der Waals surface area contributed by atoms with E-state index in [2.05, 4.69) is 52.0 Å². The molecule has 0 aromatic heterocycles. The lowest BCUT2D eigenvalue weighted by Crippen LogP contribution is -2.39. The van der Waals surface area contributed by atoms with Gasteiger partial charge < -0.3 is 4.74 Å². The van der Waals surface area contributed by atoms with E-state index in [0.29, 0.717) is 13.0 Å². The summed E-state index contributed by atoms with van der Waals surface area (Å²) in [6.45, 7) is 10.8. The molecule has 0 N–H and O–H groups in total. The van der Waals surface area contributed by atoms with Crippen LogP contribution in [0.25, 0.3) is 0 Å². The molecule has 162 valence electrons. The molecule has 0 fully saturated rings. The molecule has 0 bridgehead atoms. The topological polar surface area (TPSA) is 55.7 Å². The summed E-state index contributed by atoms with van der Waals surface area (Å²) in [6.07, 6.45) is 5.18. The fraction of sp³-hybridized carbons (Fsp3) is 0.577. The first-order valence-electron chi connectivity index (χ1n) is 11.3. The molecule has 4 heteroatoms. The molecule has 1 aliphatic carbocycles. The predicted octanol–water partition coefficient (Wildman–Crippen LogP) is 5.80. The van der Waals surface area contributed by atoms with E-state index < -0.39 is 5.92 Å². The number of unbranched alkanes of at least 4 members (excludes halogenated alkanes) is 2. The molecule has 1 aromatic rings. The van der Waals surface area contributed by atoms with Crippen LogP contribution in [0.2, 0.25) is 0 Å². The lowest BCUT2D eigenvalue weighted by atomic mass is 9.67. The summed E-state index contributed by atoms with van der Waals surface area (Å²) >= 11 is 0. The van der Waals surface area contributed by atoms with Crippen LogP contribution in [0, 0.1) is 11.3 Å². The zero-order chi connectivity index (χ0) is 21.9. The first-order chi connectivity index (χ1) is 14.3. The van der Waals surface area contributed by atoms with E-state index in [4.69, 9.17) is 9.73 Å². The van der Waals surface area contributed by atoms with Crippen LogP contribution in [0.4, 0.5) is 0 Å². The first-order valence-corrected chi connectivity index (χ1v) is 11.3. The minimum Gasteiger partial charge on any atom is -0.465 e. The number of allylic oxidation sites excluding steroid dienone is 2. The molecule has 1 aliphatic heterocycles. The number of hydrogen-bond acceptors (Lipinski definition) is 4. The monoisotopic (exact) mass is 409 g/mol. The van der Waals surface area contributed by atoms with Crippen molar-refractivity contribution in [2.24, 2.45) is 16.3 Å². The Kier molecular flexibility index (Phi) is 6.95. The van der Waals surface area contributed by atoms with Crippen LogP contribution in [-0.4, -0.2) is 24.1 Å². The maximum atomic E-state index is 13.2. The van der Waals surface area contributed by atoms with Gasteiger partial charge in [-0.3, -0.25) is 14.6 Å². The van der Waals surface area contributed by atoms with Crippen LogP contribution in [0.15, 0.2) is 40.5 Å². The Hall–Kier alpha value is -2.23. The van der Waals surface area contributed by atoms with Crippen LogP contribution in [0.3, 0.4) is 0 Å². The molecule has 3 rings (SSSR count). The molecule has 0 spiro atoms. The Balaban J connectivity index is 2.01. The maximum Gasteiger partial charge on any atom is 0.315 e. The van der Waals surface area contributed by atoms with Gasteiger partial charge in [-0.2, -0.15) is 0 Å². The third-order valence-electron chi connectivity index (χ3n) is 6.30. The largest absolute Gasteiger partial charge is 0.465 e. The minimum atomic E-state index is -0.539. The van der Waals surface area contributed by atoms with E-state index >= 15 is 0 Å². The highest BCUT2D eigenvalue weighted by molar-refractivity contribution is 6.09. The van der Waals surface area contributed by atoms with Crippen molar-refractivity contribution in [2.45, 2.75) is 79.1 Å². The van der Waals surface area contributed by atoms with Gasteiger partial charge in [-0.1, -0.05) is 64.8 Å². The minimum absolute atomic E-state index is 0.107. The second kappa shape index (κ2) is 9.28. The van der Waals surface area contributed by atoms with Gasteiger partial charge in [0.2, 0.25) is 0 Å². The number of ketones is 1. The van der Waals surface area contributed by atoms with E-state index in [1.165, 1.54) is 5.56 Å². The fourth-order valence-corrected chi connectivity index (χ4v) is 4.69. The molecule has 2 aliphatic rings. The van der Waals surface area contributed by atoms with Crippen LogP contribution in [0.1, 0.15) is 83.8 Å². The van der Waals surface area contributed by atoms with Crippen LogP contribution >= 0.6 is 0 Å². The second-order valence-corrected chi connectivity index (χ2v) is 9.48. The van der Waals surface area contributed by atoms with E-state index in [9.17, 15) is 9.59 Å². The van der Waals surface area contributed by atoms with Gasteiger partial charge in [0.25, 0.3) is 0 Å². The molecule has 2 atom stereocenters. The summed E-state index contributed by atoms with van der Waals surface area (Å²) in [5.41, 5.74) is 4.46. The Bertz CT molecular complexity index is 861. The number of benzene rings is 1. The highest BCUT2D eigenvalue weighted by Gasteiger charge is 2.45. The summed E-state index contributed by atoms with van der Waals surface area (Å²) in [7, 11) is 0. The molecular weight excluding hydrogens is 374 g/mol. The summed E-state index contributed by atoms with van der Waals surface area (Å²) in [5.74, 6) is -0.999. The zero-order valence-electron chi connectivity index (χ0n) is 19.1. The molecule has 4 nitrogen and oxygen atoms in total. The van der Waals surface area contributed by atoms with E-state index in [-0.39, 0.29) is 23.1 Å². The van der Waals surface area contributed by atoms with Gasteiger partial charge in [-0.05, 0) is 42.7 Å². The Morgan fingerprint density at radius 1 is 1.13 bits per heavy atom. The number of aliphatic imine (C=N–C) groups is 1. The average molecular weight is 410 g/mol. The van der Waals surface area contributed by atoms with Gasteiger partial charge in [0, 0.05) is 29.3 Å². The zero-order valence-corrected chi connectivity index (χ0v) is 19.1. The Morgan fingerprint density at radius 3 is 2.47 bits per heavy atom. The lowest BCUT2D eigenvalue weighted by molar-refractivity contribution is -0.146. The number of ether oxygens (including phenoxy) is 1. The lowest BCUT2D eigenvalue weighted by Gasteiger charge is -2.39. The summed E-state index contributed by atoms with van der Waals surface area (Å²) < 4.78 is 5.65. The van der Waals surface area contributed by atoms with Gasteiger partial charge in [-0.15, -0.1) is 0 Å². The van der Waals surface area contributed by atoms with Crippen molar-refractivity contribution < 1.29 is 14.3 Å². The molecule has 0 radical (unpaired) electrons. The Labute approximate surface area is 180 Å². The van der Waals surface area contributed by atoms with Crippen LogP contribution < -0.4 is 0 Å². The second-order valence-electron chi connectivity index (χ2n) is 9.48. The number of esters is 1. The molecule has 1 unspecified atom stereocenters. The summed E-state index contributed by atoms with van der Waals surface area (Å²) in [4.78, 5) is 31.2. The van der Waals surface area contributed by atoms with Gasteiger partial charge in [0.05, 0.1) is 6.61 Å². The molecule has 0 saturated carbocycles. The Morgan fingerprint density at radius 2 is 1.83 bits per heavy atom. The van der Waals surface area contributed by atoms with Crippen LogP contribution in [-0.2, 0) is 20.7 Å². The van der Waals surface area contributed by atoms with E-state index in [0.717, 1.165) is 54.6 Å². The normalized spacial score (nSPS) is 23.1. The van der Waals surface area contributed by atoms with Crippen molar-refractivity contribution in [3.05, 3.63) is 46.7 Å².